The van der Waals surface area contributed by atoms with E-state index in [0.29, 0.717) is 12.0 Å². The standard InChI is InChI=1S/C16H20N2/c1-2-17-15-10-4-8-13(15)14-9-3-6-12-7-5-11-18-16(12)14/h3,5-7,9,11,13,15,17H,2,4,8,10H2,1H3. The van der Waals surface area contributed by atoms with Gasteiger partial charge in [-0.1, -0.05) is 37.6 Å². The fourth-order valence-corrected chi connectivity index (χ4v) is 3.27. The summed E-state index contributed by atoms with van der Waals surface area (Å²) in [7, 11) is 0. The summed E-state index contributed by atoms with van der Waals surface area (Å²) in [6.45, 7) is 3.25. The van der Waals surface area contributed by atoms with Crippen LogP contribution in [0.3, 0.4) is 0 Å². The molecule has 1 saturated carbocycles. The molecule has 0 bridgehead atoms. The number of nitrogens with one attached hydrogen (secondary N) is 1. The van der Waals surface area contributed by atoms with Crippen molar-refractivity contribution in [2.24, 2.45) is 0 Å². The zero-order chi connectivity index (χ0) is 12.4. The van der Waals surface area contributed by atoms with Crippen molar-refractivity contribution in [1.82, 2.24) is 10.3 Å². The third kappa shape index (κ3) is 2.01. The van der Waals surface area contributed by atoms with Gasteiger partial charge in [-0.25, -0.2) is 0 Å². The lowest BCUT2D eigenvalue weighted by Gasteiger charge is -2.21. The molecule has 1 aliphatic rings. The van der Waals surface area contributed by atoms with Gasteiger partial charge in [0.1, 0.15) is 0 Å². The van der Waals surface area contributed by atoms with Gasteiger partial charge in [-0.2, -0.15) is 0 Å². The third-order valence-corrected chi connectivity index (χ3v) is 4.05. The lowest BCUT2D eigenvalue weighted by molar-refractivity contribution is 0.494. The number of hydrogen-bond acceptors (Lipinski definition) is 2. The molecule has 2 heteroatoms. The number of rotatable bonds is 3. The molecule has 1 aromatic heterocycles. The molecular weight excluding hydrogens is 220 g/mol. The summed E-state index contributed by atoms with van der Waals surface area (Å²) in [5, 5.41) is 4.89. The summed E-state index contributed by atoms with van der Waals surface area (Å²) in [6, 6.07) is 11.4. The Morgan fingerprint density at radius 2 is 2.11 bits per heavy atom. The molecule has 18 heavy (non-hydrogen) atoms. The highest BCUT2D eigenvalue weighted by molar-refractivity contribution is 5.82. The predicted molar refractivity (Wildman–Crippen MR) is 75.8 cm³/mol. The molecule has 1 fully saturated rings. The first-order chi connectivity index (χ1) is 8.90. The molecule has 1 N–H and O–H groups in total. The molecule has 0 amide bonds. The topological polar surface area (TPSA) is 24.9 Å². The number of para-hydroxylation sites is 1. The second-order valence-electron chi connectivity index (χ2n) is 5.12. The minimum atomic E-state index is 0.627. The van der Waals surface area contributed by atoms with Gasteiger partial charge >= 0.3 is 0 Å². The molecule has 0 radical (unpaired) electrons. The zero-order valence-electron chi connectivity index (χ0n) is 10.9. The quantitative estimate of drug-likeness (QED) is 0.888. The molecule has 1 aromatic carbocycles. The number of benzene rings is 1. The van der Waals surface area contributed by atoms with E-state index in [1.165, 1.54) is 35.7 Å². The maximum Gasteiger partial charge on any atom is 0.0737 e. The van der Waals surface area contributed by atoms with Crippen molar-refractivity contribution < 1.29 is 0 Å². The SMILES string of the molecule is CCNC1CCCC1c1cccc2cccnc12. The number of nitrogens with zero attached hydrogens (tertiary/aromatic N) is 1. The summed E-state index contributed by atoms with van der Waals surface area (Å²) < 4.78 is 0. The molecular formula is C16H20N2. The average Bonchev–Trinajstić information content (AvgIpc) is 2.87. The monoisotopic (exact) mass is 240 g/mol. The van der Waals surface area contributed by atoms with Crippen LogP contribution in [0.4, 0.5) is 0 Å². The Kier molecular flexibility index (Phi) is 3.28. The van der Waals surface area contributed by atoms with Gasteiger partial charge in [0.15, 0.2) is 0 Å². The molecule has 3 rings (SSSR count). The van der Waals surface area contributed by atoms with Crippen molar-refractivity contribution in [3.8, 4) is 0 Å². The average molecular weight is 240 g/mol. The van der Waals surface area contributed by atoms with E-state index in [1.54, 1.807) is 0 Å². The lowest BCUT2D eigenvalue weighted by atomic mass is 9.92. The van der Waals surface area contributed by atoms with E-state index >= 15 is 0 Å². The van der Waals surface area contributed by atoms with E-state index in [-0.39, 0.29) is 0 Å². The number of hydrogen-bond donors (Lipinski definition) is 1. The Labute approximate surface area is 108 Å². The molecule has 1 aliphatic carbocycles. The predicted octanol–water partition coefficient (Wildman–Crippen LogP) is 3.48. The molecule has 0 spiro atoms. The molecule has 1 heterocycles. The fourth-order valence-electron chi connectivity index (χ4n) is 3.27. The van der Waals surface area contributed by atoms with Gasteiger partial charge in [-0.3, -0.25) is 4.98 Å². The van der Waals surface area contributed by atoms with E-state index in [0.717, 1.165) is 6.54 Å². The number of aromatic nitrogens is 1. The van der Waals surface area contributed by atoms with Crippen LogP contribution in [0.1, 0.15) is 37.7 Å². The lowest BCUT2D eigenvalue weighted by Crippen LogP contribution is -2.31. The second kappa shape index (κ2) is 5.07. The highest BCUT2D eigenvalue weighted by Gasteiger charge is 2.29. The maximum absolute atomic E-state index is 4.59. The molecule has 0 aliphatic heterocycles. The van der Waals surface area contributed by atoms with Crippen molar-refractivity contribution in [3.63, 3.8) is 0 Å². The van der Waals surface area contributed by atoms with E-state index in [2.05, 4.69) is 41.5 Å². The first kappa shape index (κ1) is 11.7. The van der Waals surface area contributed by atoms with Crippen LogP contribution in [-0.2, 0) is 0 Å². The van der Waals surface area contributed by atoms with Gasteiger partial charge in [0, 0.05) is 23.5 Å². The van der Waals surface area contributed by atoms with E-state index in [1.807, 2.05) is 12.3 Å². The van der Waals surface area contributed by atoms with Crippen LogP contribution >= 0.6 is 0 Å². The van der Waals surface area contributed by atoms with Crippen LogP contribution in [0.25, 0.3) is 10.9 Å². The van der Waals surface area contributed by atoms with Crippen LogP contribution in [0.15, 0.2) is 36.5 Å². The Morgan fingerprint density at radius 3 is 3.00 bits per heavy atom. The van der Waals surface area contributed by atoms with Gasteiger partial charge in [0.05, 0.1) is 5.52 Å². The summed E-state index contributed by atoms with van der Waals surface area (Å²) in [5.41, 5.74) is 2.62. The Balaban J connectivity index is 2.03. The summed E-state index contributed by atoms with van der Waals surface area (Å²) in [6.07, 6.45) is 5.81. The van der Waals surface area contributed by atoms with Crippen LogP contribution in [-0.4, -0.2) is 17.6 Å². The van der Waals surface area contributed by atoms with E-state index < -0.39 is 0 Å². The minimum Gasteiger partial charge on any atom is -0.314 e. The highest BCUT2D eigenvalue weighted by atomic mass is 14.9. The molecule has 2 unspecified atom stereocenters. The van der Waals surface area contributed by atoms with Crippen molar-refractivity contribution in [3.05, 3.63) is 42.1 Å². The van der Waals surface area contributed by atoms with Gasteiger partial charge in [0.25, 0.3) is 0 Å². The fraction of sp³-hybridized carbons (Fsp3) is 0.438. The Morgan fingerprint density at radius 1 is 1.22 bits per heavy atom. The van der Waals surface area contributed by atoms with E-state index in [4.69, 9.17) is 0 Å². The van der Waals surface area contributed by atoms with Crippen LogP contribution in [0, 0.1) is 0 Å². The Bertz CT molecular complexity index is 530. The molecule has 94 valence electrons. The van der Waals surface area contributed by atoms with Crippen LogP contribution in [0.5, 0.6) is 0 Å². The van der Waals surface area contributed by atoms with Crippen molar-refractivity contribution in [2.45, 2.75) is 38.1 Å². The first-order valence-electron chi connectivity index (χ1n) is 6.97. The maximum atomic E-state index is 4.59. The number of pyridine rings is 1. The smallest absolute Gasteiger partial charge is 0.0737 e. The van der Waals surface area contributed by atoms with Crippen molar-refractivity contribution >= 4 is 10.9 Å². The van der Waals surface area contributed by atoms with Crippen molar-refractivity contribution in [2.75, 3.05) is 6.54 Å². The van der Waals surface area contributed by atoms with Crippen molar-refractivity contribution in [1.29, 1.82) is 0 Å². The molecule has 2 nitrogen and oxygen atoms in total. The summed E-state index contributed by atoms with van der Waals surface area (Å²) in [5.74, 6) is 0.628. The Hall–Kier alpha value is -1.41. The van der Waals surface area contributed by atoms with Gasteiger partial charge in [-0.05, 0) is 31.0 Å². The second-order valence-corrected chi connectivity index (χ2v) is 5.12. The normalized spacial score (nSPS) is 23.6. The number of likely N-dealkylation sites (N-methyl/N-ethyl adjacent to an activating group) is 1. The van der Waals surface area contributed by atoms with Gasteiger partial charge in [-0.15, -0.1) is 0 Å². The number of fused-ring (bicyclic) bond motifs is 1. The molecule has 0 saturated heterocycles. The third-order valence-electron chi connectivity index (χ3n) is 4.05. The van der Waals surface area contributed by atoms with Crippen LogP contribution in [0.2, 0.25) is 0 Å². The summed E-state index contributed by atoms with van der Waals surface area (Å²) >= 11 is 0. The zero-order valence-corrected chi connectivity index (χ0v) is 10.9. The molecule has 2 aromatic rings. The van der Waals surface area contributed by atoms with E-state index in [9.17, 15) is 0 Å². The largest absolute Gasteiger partial charge is 0.314 e. The summed E-state index contributed by atoms with van der Waals surface area (Å²) in [4.78, 5) is 4.59. The molecule has 2 atom stereocenters. The minimum absolute atomic E-state index is 0.627. The van der Waals surface area contributed by atoms with Gasteiger partial charge in [0.2, 0.25) is 0 Å². The first-order valence-corrected chi connectivity index (χ1v) is 6.97. The highest BCUT2D eigenvalue weighted by Crippen LogP contribution is 2.37. The van der Waals surface area contributed by atoms with Crippen LogP contribution < -0.4 is 5.32 Å². The van der Waals surface area contributed by atoms with Gasteiger partial charge < -0.3 is 5.32 Å².